The van der Waals surface area contributed by atoms with Gasteiger partial charge in [0.1, 0.15) is 0 Å². The molecule has 8 heteroatoms. The van der Waals surface area contributed by atoms with Gasteiger partial charge >= 0.3 is 5.97 Å². The molecule has 0 bridgehead atoms. The minimum Gasteiger partial charge on any atom is -0.466 e. The van der Waals surface area contributed by atoms with Gasteiger partial charge in [-0.05, 0) is 42.0 Å². The third kappa shape index (κ3) is 4.73. The monoisotopic (exact) mass is 420 g/mol. The molecule has 6 nitrogen and oxygen atoms in total. The van der Waals surface area contributed by atoms with Crippen LogP contribution in [0.15, 0.2) is 59.5 Å². The lowest BCUT2D eigenvalue weighted by Gasteiger charge is -2.35. The number of carbonyl (C=O) groups excluding carboxylic acids is 1. The molecule has 1 aliphatic heterocycles. The summed E-state index contributed by atoms with van der Waals surface area (Å²) in [7, 11) is -2.32. The smallest absolute Gasteiger partial charge is 0.330 e. The predicted molar refractivity (Wildman–Crippen MR) is 110 cm³/mol. The first-order chi connectivity index (χ1) is 13.4. The van der Waals surface area contributed by atoms with E-state index in [-0.39, 0.29) is 4.90 Å². The maximum absolute atomic E-state index is 13.0. The highest BCUT2D eigenvalue weighted by atomic mass is 35.5. The second-order valence-electron chi connectivity index (χ2n) is 6.30. The molecule has 0 atom stereocenters. The minimum atomic E-state index is -3.61. The summed E-state index contributed by atoms with van der Waals surface area (Å²) in [6, 6.07) is 14.0. The Hall–Kier alpha value is -2.35. The van der Waals surface area contributed by atoms with Crippen molar-refractivity contribution in [3.05, 3.63) is 65.2 Å². The van der Waals surface area contributed by atoms with Crippen molar-refractivity contribution in [2.45, 2.75) is 4.90 Å². The molecule has 0 aliphatic carbocycles. The van der Waals surface area contributed by atoms with Crippen LogP contribution in [0.25, 0.3) is 6.08 Å². The van der Waals surface area contributed by atoms with Gasteiger partial charge in [0.2, 0.25) is 10.0 Å². The Labute approximate surface area is 170 Å². The highest BCUT2D eigenvalue weighted by Crippen LogP contribution is 2.24. The molecule has 0 N–H and O–H groups in total. The first-order valence-corrected chi connectivity index (χ1v) is 10.6. The Morgan fingerprint density at radius 2 is 1.79 bits per heavy atom. The summed E-state index contributed by atoms with van der Waals surface area (Å²) in [6.45, 7) is 1.94. The molecular weight excluding hydrogens is 400 g/mol. The number of hydrogen-bond acceptors (Lipinski definition) is 5. The van der Waals surface area contributed by atoms with E-state index in [1.54, 1.807) is 24.3 Å². The van der Waals surface area contributed by atoms with Crippen molar-refractivity contribution in [3.8, 4) is 0 Å². The average Bonchev–Trinajstić information content (AvgIpc) is 2.72. The largest absolute Gasteiger partial charge is 0.466 e. The predicted octanol–water partition coefficient (Wildman–Crippen LogP) is 3.04. The molecule has 0 spiro atoms. The molecule has 0 amide bonds. The van der Waals surface area contributed by atoms with Gasteiger partial charge < -0.3 is 9.64 Å². The lowest BCUT2D eigenvalue weighted by molar-refractivity contribution is -0.134. The molecule has 148 valence electrons. The van der Waals surface area contributed by atoms with Crippen LogP contribution < -0.4 is 4.90 Å². The standard InChI is InChI=1S/C20H21ClN2O4S/c1-27-20(24)9-8-16-4-2-7-19(14-16)28(25,26)23-12-10-22(11-13-23)18-6-3-5-17(21)15-18/h2-9,14-15H,10-13H2,1H3. The number of halogens is 1. The van der Waals surface area contributed by atoms with Gasteiger partial charge in [0.05, 0.1) is 12.0 Å². The second kappa shape index (κ2) is 8.77. The summed E-state index contributed by atoms with van der Waals surface area (Å²) < 4.78 is 32.0. The zero-order valence-corrected chi connectivity index (χ0v) is 17.0. The second-order valence-corrected chi connectivity index (χ2v) is 8.67. The molecule has 2 aromatic rings. The topological polar surface area (TPSA) is 66.9 Å². The highest BCUT2D eigenvalue weighted by molar-refractivity contribution is 7.89. The van der Waals surface area contributed by atoms with Crippen molar-refractivity contribution in [2.24, 2.45) is 0 Å². The molecule has 0 aromatic heterocycles. The summed E-state index contributed by atoms with van der Waals surface area (Å²) in [4.78, 5) is 13.6. The number of sulfonamides is 1. The van der Waals surface area contributed by atoms with Crippen LogP contribution in [0, 0.1) is 0 Å². The Balaban J connectivity index is 1.72. The molecule has 0 radical (unpaired) electrons. The highest BCUT2D eigenvalue weighted by Gasteiger charge is 2.28. The fourth-order valence-electron chi connectivity index (χ4n) is 3.02. The quantitative estimate of drug-likeness (QED) is 0.549. The fraction of sp³-hybridized carbons (Fsp3) is 0.250. The third-order valence-corrected chi connectivity index (χ3v) is 6.65. The Morgan fingerprint density at radius 1 is 1.07 bits per heavy atom. The van der Waals surface area contributed by atoms with E-state index >= 15 is 0 Å². The maximum atomic E-state index is 13.0. The van der Waals surface area contributed by atoms with E-state index in [0.29, 0.717) is 36.8 Å². The van der Waals surface area contributed by atoms with Crippen molar-refractivity contribution in [1.82, 2.24) is 4.31 Å². The van der Waals surface area contributed by atoms with Gasteiger partial charge in [-0.1, -0.05) is 29.8 Å². The summed E-state index contributed by atoms with van der Waals surface area (Å²) in [5, 5.41) is 0.657. The summed E-state index contributed by atoms with van der Waals surface area (Å²) in [5.74, 6) is -0.495. The molecule has 1 heterocycles. The van der Waals surface area contributed by atoms with Crippen LogP contribution in [0.4, 0.5) is 5.69 Å². The van der Waals surface area contributed by atoms with Crippen molar-refractivity contribution in [3.63, 3.8) is 0 Å². The fourth-order valence-corrected chi connectivity index (χ4v) is 4.68. The Bertz CT molecular complexity index is 983. The number of methoxy groups -OCH3 is 1. The van der Waals surface area contributed by atoms with Gasteiger partial charge in [-0.15, -0.1) is 0 Å². The summed E-state index contributed by atoms with van der Waals surface area (Å²) in [5.41, 5.74) is 1.60. The number of benzene rings is 2. The van der Waals surface area contributed by atoms with Gasteiger partial charge in [0.15, 0.2) is 0 Å². The lowest BCUT2D eigenvalue weighted by atomic mass is 10.2. The van der Waals surface area contributed by atoms with Crippen molar-refractivity contribution < 1.29 is 17.9 Å². The SMILES string of the molecule is COC(=O)C=Cc1cccc(S(=O)(=O)N2CCN(c3cccc(Cl)c3)CC2)c1. The van der Waals surface area contributed by atoms with E-state index in [4.69, 9.17) is 11.6 Å². The van der Waals surface area contributed by atoms with E-state index in [1.165, 1.54) is 23.6 Å². The average molecular weight is 421 g/mol. The molecular formula is C20H21ClN2O4S. The number of carbonyl (C=O) groups is 1. The van der Waals surface area contributed by atoms with E-state index in [1.807, 2.05) is 24.3 Å². The van der Waals surface area contributed by atoms with Crippen LogP contribution in [0.3, 0.4) is 0 Å². The number of rotatable bonds is 5. The molecule has 1 saturated heterocycles. The number of anilines is 1. The van der Waals surface area contributed by atoms with Crippen LogP contribution in [0.5, 0.6) is 0 Å². The third-order valence-electron chi connectivity index (χ3n) is 4.52. The van der Waals surface area contributed by atoms with Crippen molar-refractivity contribution >= 4 is 39.4 Å². The Morgan fingerprint density at radius 3 is 2.46 bits per heavy atom. The molecule has 28 heavy (non-hydrogen) atoms. The van der Waals surface area contributed by atoms with E-state index < -0.39 is 16.0 Å². The zero-order chi connectivity index (χ0) is 20.1. The van der Waals surface area contributed by atoms with Crippen molar-refractivity contribution in [1.29, 1.82) is 0 Å². The number of hydrogen-bond donors (Lipinski definition) is 0. The normalized spacial score (nSPS) is 15.7. The summed E-state index contributed by atoms with van der Waals surface area (Å²) in [6.07, 6.45) is 2.79. The van der Waals surface area contributed by atoms with Crippen LogP contribution in [0.2, 0.25) is 5.02 Å². The van der Waals surface area contributed by atoms with E-state index in [2.05, 4.69) is 9.64 Å². The van der Waals surface area contributed by atoms with Gasteiger partial charge in [-0.3, -0.25) is 0 Å². The van der Waals surface area contributed by atoms with Crippen molar-refractivity contribution in [2.75, 3.05) is 38.2 Å². The maximum Gasteiger partial charge on any atom is 0.330 e. The van der Waals surface area contributed by atoms with Crippen LogP contribution >= 0.6 is 11.6 Å². The first kappa shape index (κ1) is 20.4. The van der Waals surface area contributed by atoms with E-state index in [9.17, 15) is 13.2 Å². The number of esters is 1. The summed E-state index contributed by atoms with van der Waals surface area (Å²) >= 11 is 6.05. The zero-order valence-electron chi connectivity index (χ0n) is 15.4. The van der Waals surface area contributed by atoms with Crippen LogP contribution in [-0.4, -0.2) is 52.0 Å². The van der Waals surface area contributed by atoms with Gasteiger partial charge in [-0.25, -0.2) is 13.2 Å². The molecule has 2 aromatic carbocycles. The van der Waals surface area contributed by atoms with Gasteiger partial charge in [-0.2, -0.15) is 4.31 Å². The number of ether oxygens (including phenoxy) is 1. The van der Waals surface area contributed by atoms with Gasteiger partial charge in [0.25, 0.3) is 0 Å². The minimum absolute atomic E-state index is 0.204. The molecule has 3 rings (SSSR count). The first-order valence-electron chi connectivity index (χ1n) is 8.77. The van der Waals surface area contributed by atoms with Gasteiger partial charge in [0, 0.05) is 43.0 Å². The Kier molecular flexibility index (Phi) is 6.39. The molecule has 1 fully saturated rings. The molecule has 1 aliphatic rings. The molecule has 0 saturated carbocycles. The lowest BCUT2D eigenvalue weighted by Crippen LogP contribution is -2.48. The van der Waals surface area contributed by atoms with E-state index in [0.717, 1.165) is 5.69 Å². The number of nitrogens with zero attached hydrogens (tertiary/aromatic N) is 2. The number of piperazine rings is 1. The van der Waals surface area contributed by atoms with Crippen LogP contribution in [-0.2, 0) is 19.6 Å². The molecule has 0 unspecified atom stereocenters. The van der Waals surface area contributed by atoms with Crippen LogP contribution in [0.1, 0.15) is 5.56 Å².